The van der Waals surface area contributed by atoms with E-state index in [4.69, 9.17) is 33.7 Å². The lowest BCUT2D eigenvalue weighted by Gasteiger charge is -2.40. The van der Waals surface area contributed by atoms with Crippen LogP contribution in [0.5, 0.6) is 0 Å². The van der Waals surface area contributed by atoms with Gasteiger partial charge in [-0.15, -0.1) is 0 Å². The molecule has 0 aliphatic carbocycles. The van der Waals surface area contributed by atoms with Gasteiger partial charge in [0.05, 0.1) is 5.54 Å². The highest BCUT2D eigenvalue weighted by Crippen LogP contribution is 2.49. The smallest absolute Gasteiger partial charge is 0.324 e. The summed E-state index contributed by atoms with van der Waals surface area (Å²) in [4.78, 5) is 13.4. The molecule has 33 heavy (non-hydrogen) atoms. The summed E-state index contributed by atoms with van der Waals surface area (Å²) in [6.07, 6.45) is 0.599. The number of ether oxygens (including phenoxy) is 1. The van der Waals surface area contributed by atoms with Crippen LogP contribution >= 0.6 is 23.2 Å². The van der Waals surface area contributed by atoms with E-state index in [9.17, 15) is 4.79 Å². The molecule has 0 amide bonds. The maximum absolute atomic E-state index is 15.4. The normalized spacial score (nSPS) is 25.8. The number of benzene rings is 2. The molecule has 1 fully saturated rings. The van der Waals surface area contributed by atoms with Crippen molar-refractivity contribution in [3.63, 3.8) is 0 Å². The predicted octanol–water partition coefficient (Wildman–Crippen LogP) is 6.19. The van der Waals surface area contributed by atoms with E-state index in [2.05, 4.69) is 26.1 Å². The zero-order valence-electron chi connectivity index (χ0n) is 20.0. The molecule has 7 heteroatoms. The summed E-state index contributed by atoms with van der Waals surface area (Å²) >= 11 is 12.4. The van der Waals surface area contributed by atoms with Gasteiger partial charge < -0.3 is 10.5 Å². The molecule has 0 spiro atoms. The van der Waals surface area contributed by atoms with Crippen LogP contribution in [-0.4, -0.2) is 23.7 Å². The molecule has 1 aliphatic rings. The lowest BCUT2D eigenvalue weighted by Crippen LogP contribution is -2.52. The lowest BCUT2D eigenvalue weighted by atomic mass is 9.68. The Morgan fingerprint density at radius 2 is 1.73 bits per heavy atom. The second kappa shape index (κ2) is 9.18. The molecule has 3 rings (SSSR count). The summed E-state index contributed by atoms with van der Waals surface area (Å²) in [6, 6.07) is 10.5. The number of carbonyl (C=O) groups is 1. The van der Waals surface area contributed by atoms with Crippen LogP contribution in [0.1, 0.15) is 65.0 Å². The fraction of sp³-hybridized carbons (Fsp3) is 0.500. The van der Waals surface area contributed by atoms with Crippen molar-refractivity contribution in [1.82, 2.24) is 5.32 Å². The third-order valence-corrected chi connectivity index (χ3v) is 6.36. The van der Waals surface area contributed by atoms with Crippen molar-refractivity contribution in [2.24, 2.45) is 11.1 Å². The van der Waals surface area contributed by atoms with E-state index in [1.54, 1.807) is 30.3 Å². The highest BCUT2D eigenvalue weighted by Gasteiger charge is 2.58. The first-order valence-corrected chi connectivity index (χ1v) is 11.9. The van der Waals surface area contributed by atoms with E-state index < -0.39 is 40.9 Å². The highest BCUT2D eigenvalue weighted by atomic mass is 35.5. The SMILES string of the molecule is CC(C)(C)C[C@@H]1N[C@@H](C(=O)OC(C)(C)C)[C@H](c2cccc(Cl)c2)[C@@]1(N)c1ccc(Cl)cc1F. The van der Waals surface area contributed by atoms with Gasteiger partial charge in [-0.25, -0.2) is 4.39 Å². The Hall–Kier alpha value is -1.66. The van der Waals surface area contributed by atoms with Gasteiger partial charge in [-0.3, -0.25) is 10.1 Å². The molecule has 2 aromatic carbocycles. The minimum absolute atomic E-state index is 0.146. The average molecular weight is 495 g/mol. The molecular formula is C26H33Cl2FN2O2. The third kappa shape index (κ3) is 5.71. The number of rotatable bonds is 4. The quantitative estimate of drug-likeness (QED) is 0.497. The summed E-state index contributed by atoms with van der Waals surface area (Å²) in [5.41, 5.74) is 6.13. The summed E-state index contributed by atoms with van der Waals surface area (Å²) in [5.74, 6) is -1.58. The Labute approximate surface area is 206 Å². The van der Waals surface area contributed by atoms with Crippen molar-refractivity contribution in [2.45, 2.75) is 77.1 Å². The second-order valence-corrected chi connectivity index (χ2v) is 12.0. The molecule has 180 valence electrons. The lowest BCUT2D eigenvalue weighted by molar-refractivity contribution is -0.157. The molecule has 2 aromatic rings. The topological polar surface area (TPSA) is 64.3 Å². The molecular weight excluding hydrogens is 462 g/mol. The Kier molecular flexibility index (Phi) is 7.22. The van der Waals surface area contributed by atoms with E-state index in [1.807, 2.05) is 26.8 Å². The summed E-state index contributed by atoms with van der Waals surface area (Å²) < 4.78 is 21.1. The predicted molar refractivity (Wildman–Crippen MR) is 132 cm³/mol. The minimum Gasteiger partial charge on any atom is -0.459 e. The van der Waals surface area contributed by atoms with Crippen molar-refractivity contribution in [2.75, 3.05) is 0 Å². The minimum atomic E-state index is -1.27. The molecule has 1 aliphatic heterocycles. The number of esters is 1. The zero-order valence-corrected chi connectivity index (χ0v) is 21.5. The third-order valence-electron chi connectivity index (χ3n) is 5.89. The van der Waals surface area contributed by atoms with Gasteiger partial charge in [0.25, 0.3) is 0 Å². The van der Waals surface area contributed by atoms with Gasteiger partial charge in [0.2, 0.25) is 0 Å². The largest absolute Gasteiger partial charge is 0.459 e. The fourth-order valence-electron chi connectivity index (χ4n) is 4.72. The second-order valence-electron chi connectivity index (χ2n) is 11.1. The van der Waals surface area contributed by atoms with Crippen molar-refractivity contribution < 1.29 is 13.9 Å². The maximum atomic E-state index is 15.4. The van der Waals surface area contributed by atoms with Gasteiger partial charge >= 0.3 is 5.97 Å². The molecule has 4 nitrogen and oxygen atoms in total. The number of halogens is 3. The van der Waals surface area contributed by atoms with Gasteiger partial charge in [0.15, 0.2) is 0 Å². The first-order chi connectivity index (χ1) is 15.1. The van der Waals surface area contributed by atoms with Crippen molar-refractivity contribution in [3.05, 3.63) is 69.5 Å². The Balaban J connectivity index is 2.25. The standard InChI is InChI=1S/C26H33Cl2FN2O2/c1-24(2,3)14-20-26(30,18-11-10-17(28)13-19(18)29)21(15-8-7-9-16(27)12-15)22(31-20)23(32)33-25(4,5)6/h7-13,20-22,31H,14,30H2,1-6H3/t20-,21-,22+,26+/m0/s1. The maximum Gasteiger partial charge on any atom is 0.324 e. The van der Waals surface area contributed by atoms with Crippen molar-refractivity contribution in [3.8, 4) is 0 Å². The molecule has 0 bridgehead atoms. The van der Waals surface area contributed by atoms with Crippen LogP contribution in [-0.2, 0) is 15.1 Å². The fourth-order valence-corrected chi connectivity index (χ4v) is 5.07. The Morgan fingerprint density at radius 1 is 1.09 bits per heavy atom. The van der Waals surface area contributed by atoms with E-state index in [1.165, 1.54) is 6.07 Å². The zero-order chi connectivity index (χ0) is 24.8. The van der Waals surface area contributed by atoms with Crippen LogP contribution in [0.25, 0.3) is 0 Å². The first-order valence-electron chi connectivity index (χ1n) is 11.1. The first kappa shape index (κ1) is 26.0. The number of carbonyl (C=O) groups excluding carboxylic acids is 1. The van der Waals surface area contributed by atoms with Crippen LogP contribution in [0, 0.1) is 11.2 Å². The number of nitrogens with two attached hydrogens (primary N) is 1. The Morgan fingerprint density at radius 3 is 2.27 bits per heavy atom. The summed E-state index contributed by atoms with van der Waals surface area (Å²) in [6.45, 7) is 11.7. The average Bonchev–Trinajstić information content (AvgIpc) is 2.92. The monoisotopic (exact) mass is 494 g/mol. The van der Waals surface area contributed by atoms with Gasteiger partial charge in [0, 0.05) is 27.6 Å². The van der Waals surface area contributed by atoms with Gasteiger partial charge in [0.1, 0.15) is 17.5 Å². The van der Waals surface area contributed by atoms with E-state index in [0.29, 0.717) is 17.0 Å². The molecule has 1 saturated heterocycles. The van der Waals surface area contributed by atoms with Crippen molar-refractivity contribution >= 4 is 29.2 Å². The van der Waals surface area contributed by atoms with Gasteiger partial charge in [-0.1, -0.05) is 62.2 Å². The van der Waals surface area contributed by atoms with E-state index in [-0.39, 0.29) is 10.4 Å². The molecule has 0 aromatic heterocycles. The highest BCUT2D eigenvalue weighted by molar-refractivity contribution is 6.30. The summed E-state index contributed by atoms with van der Waals surface area (Å²) in [5, 5.41) is 4.21. The number of hydrogen-bond acceptors (Lipinski definition) is 4. The van der Waals surface area contributed by atoms with Crippen LogP contribution in [0.15, 0.2) is 42.5 Å². The van der Waals surface area contributed by atoms with Gasteiger partial charge in [-0.05, 0) is 62.4 Å². The van der Waals surface area contributed by atoms with Crippen LogP contribution in [0.3, 0.4) is 0 Å². The van der Waals surface area contributed by atoms with Gasteiger partial charge in [-0.2, -0.15) is 0 Å². The van der Waals surface area contributed by atoms with E-state index in [0.717, 1.165) is 5.56 Å². The number of nitrogens with one attached hydrogen (secondary N) is 1. The van der Waals surface area contributed by atoms with Crippen LogP contribution in [0.2, 0.25) is 10.0 Å². The summed E-state index contributed by atoms with van der Waals surface area (Å²) in [7, 11) is 0. The molecule has 0 saturated carbocycles. The van der Waals surface area contributed by atoms with E-state index >= 15 is 4.39 Å². The molecule has 1 heterocycles. The molecule has 0 unspecified atom stereocenters. The molecule has 4 atom stereocenters. The van der Waals surface area contributed by atoms with Crippen molar-refractivity contribution in [1.29, 1.82) is 0 Å². The number of hydrogen-bond donors (Lipinski definition) is 2. The Bertz CT molecular complexity index is 1030. The molecule has 3 N–H and O–H groups in total. The molecule has 0 radical (unpaired) electrons. The van der Waals surface area contributed by atoms with Crippen LogP contribution in [0.4, 0.5) is 4.39 Å². The van der Waals surface area contributed by atoms with Crippen LogP contribution < -0.4 is 11.1 Å².